The number of unbranched alkanes of at least 4 members (excludes halogenated alkanes) is 4. The molecule has 34 heteroatoms. The number of primary amides is 1. The lowest BCUT2D eigenvalue weighted by atomic mass is 10.0. The molecule has 0 bridgehead atoms. The number of amides is 12. The van der Waals surface area contributed by atoms with Crippen LogP contribution in [0.1, 0.15) is 146 Å². The summed E-state index contributed by atoms with van der Waals surface area (Å²) in [7, 11) is 3.89. The molecule has 0 saturated carbocycles. The Hall–Kier alpha value is -9.80. The van der Waals surface area contributed by atoms with Crippen LogP contribution in [-0.2, 0) is 59.2 Å². The van der Waals surface area contributed by atoms with Crippen LogP contribution in [0.5, 0.6) is 0 Å². The molecule has 0 heterocycles. The standard InChI is InChI=1S/C71H112N20O13S/c1-44(2)41-58(69(103)86-57(61(74)95)42-47-19-8-7-9-20-47)87-62(96)45(3)80-65(99)56(25-18-39-79-71(75)76)85-70(104)59(43-92)88-68(102)55(22-11-15-36-73)84-67(101)54(21-10-14-35-72)83-66(100)53(81-46(4)93)24-13-17-38-78-64(98)52(82-60(94)34-40-105)23-12-16-37-77-63(97)48-26-28-49(29-27-48)89-90-50-30-32-51(33-31-50)91(5)6/h7-9,19-20,26-33,44-45,52-59,92,105H,10-18,21-25,34-43,72-73H2,1-6H3,(H2,74,95)(H,77,97)(H,78,98)(H,80,99)(H,81,93)(H,82,94)(H,83,100)(H,84,101)(H,85,104)(H,86,103)(H,87,96)(H,88,102)(H4,75,76,79)/t45-,52-,53-,54-,55-,56-,57-,58-,59-/m0/s1. The van der Waals surface area contributed by atoms with Gasteiger partial charge in [0, 0.05) is 64.7 Å². The highest BCUT2D eigenvalue weighted by atomic mass is 32.1. The molecule has 12 amide bonds. The highest BCUT2D eigenvalue weighted by Gasteiger charge is 2.34. The molecule has 105 heavy (non-hydrogen) atoms. The van der Waals surface area contributed by atoms with E-state index in [1.807, 2.05) is 57.1 Å². The number of benzene rings is 3. The van der Waals surface area contributed by atoms with E-state index in [1.165, 1.54) is 13.8 Å². The van der Waals surface area contributed by atoms with Gasteiger partial charge in [-0.2, -0.15) is 22.9 Å². The molecule has 580 valence electrons. The molecule has 9 atom stereocenters. The molecule has 0 spiro atoms. The fourth-order valence-corrected chi connectivity index (χ4v) is 10.9. The Morgan fingerprint density at radius 2 is 0.924 bits per heavy atom. The Labute approximate surface area is 620 Å². The first kappa shape index (κ1) is 89.4. The van der Waals surface area contributed by atoms with E-state index in [4.69, 9.17) is 28.7 Å². The van der Waals surface area contributed by atoms with E-state index in [1.54, 1.807) is 54.6 Å². The van der Waals surface area contributed by atoms with Crippen LogP contribution in [-0.4, -0.2) is 196 Å². The Kier molecular flexibility index (Phi) is 42.4. The molecule has 0 aliphatic rings. The van der Waals surface area contributed by atoms with Crippen molar-refractivity contribution in [2.24, 2.45) is 49.8 Å². The molecule has 22 N–H and O–H groups in total. The Morgan fingerprint density at radius 3 is 1.40 bits per heavy atom. The molecule has 0 aliphatic heterocycles. The van der Waals surface area contributed by atoms with E-state index in [-0.39, 0.29) is 113 Å². The van der Waals surface area contributed by atoms with Crippen molar-refractivity contribution in [3.8, 4) is 0 Å². The largest absolute Gasteiger partial charge is 0.394 e. The van der Waals surface area contributed by atoms with Gasteiger partial charge in [-0.1, -0.05) is 44.2 Å². The van der Waals surface area contributed by atoms with E-state index >= 15 is 0 Å². The molecule has 0 fully saturated rings. The fraction of sp³-hybridized carbons (Fsp3) is 0.563. The lowest BCUT2D eigenvalue weighted by Gasteiger charge is -2.27. The average molecular weight is 1490 g/mol. The van der Waals surface area contributed by atoms with E-state index in [0.29, 0.717) is 74.8 Å². The maximum absolute atomic E-state index is 14.3. The number of carbonyl (C=O) groups is 12. The second-order valence-electron chi connectivity index (χ2n) is 26.1. The van der Waals surface area contributed by atoms with Gasteiger partial charge in [-0.05, 0) is 182 Å². The number of aliphatic hydroxyl groups is 1. The Bertz CT molecular complexity index is 3310. The summed E-state index contributed by atoms with van der Waals surface area (Å²) in [5, 5.41) is 48.4. The predicted molar refractivity (Wildman–Crippen MR) is 403 cm³/mol. The van der Waals surface area contributed by atoms with Crippen LogP contribution in [0, 0.1) is 5.92 Å². The highest BCUT2D eigenvalue weighted by Crippen LogP contribution is 2.22. The van der Waals surface area contributed by atoms with Crippen LogP contribution in [0.3, 0.4) is 0 Å². The van der Waals surface area contributed by atoms with Gasteiger partial charge in [0.1, 0.15) is 54.4 Å². The third kappa shape index (κ3) is 36.0. The second-order valence-corrected chi connectivity index (χ2v) is 26.5. The van der Waals surface area contributed by atoms with Crippen LogP contribution in [0.4, 0.5) is 17.1 Å². The third-order valence-electron chi connectivity index (χ3n) is 16.5. The van der Waals surface area contributed by atoms with Crippen molar-refractivity contribution >= 4 is 107 Å². The smallest absolute Gasteiger partial charge is 0.251 e. The number of nitrogens with zero attached hydrogens (tertiary/aromatic N) is 4. The average Bonchev–Trinajstić information content (AvgIpc) is 0.871. The highest BCUT2D eigenvalue weighted by molar-refractivity contribution is 7.80. The maximum Gasteiger partial charge on any atom is 0.251 e. The van der Waals surface area contributed by atoms with E-state index in [0.717, 1.165) is 11.3 Å². The molecular weight excluding hydrogens is 1370 g/mol. The van der Waals surface area contributed by atoms with Gasteiger partial charge >= 0.3 is 0 Å². The summed E-state index contributed by atoms with van der Waals surface area (Å²) in [5.74, 6) is -8.48. The van der Waals surface area contributed by atoms with Crippen molar-refractivity contribution in [1.82, 2.24) is 58.5 Å². The summed E-state index contributed by atoms with van der Waals surface area (Å²) >= 11 is 4.15. The van der Waals surface area contributed by atoms with Crippen LogP contribution in [0.2, 0.25) is 0 Å². The van der Waals surface area contributed by atoms with Gasteiger partial charge in [0.2, 0.25) is 65.0 Å². The summed E-state index contributed by atoms with van der Waals surface area (Å²) in [4.78, 5) is 168. The zero-order chi connectivity index (χ0) is 77.8. The lowest BCUT2D eigenvalue weighted by Crippen LogP contribution is -2.60. The van der Waals surface area contributed by atoms with Crippen molar-refractivity contribution in [3.63, 3.8) is 0 Å². The zero-order valence-electron chi connectivity index (χ0n) is 61.2. The number of anilines is 1. The minimum atomic E-state index is -1.73. The minimum absolute atomic E-state index is 0.00805. The lowest BCUT2D eigenvalue weighted by molar-refractivity contribution is -0.136. The zero-order valence-corrected chi connectivity index (χ0v) is 62.1. The molecule has 0 unspecified atom stereocenters. The molecule has 0 saturated heterocycles. The molecule has 33 nitrogen and oxygen atoms in total. The summed E-state index contributed by atoms with van der Waals surface area (Å²) in [6.45, 7) is 6.08. The van der Waals surface area contributed by atoms with Crippen molar-refractivity contribution in [1.29, 1.82) is 0 Å². The number of nitrogens with two attached hydrogens (primary N) is 5. The third-order valence-corrected chi connectivity index (χ3v) is 16.7. The number of carbonyl (C=O) groups excluding carboxylic acids is 12. The number of thiol groups is 1. The number of hydrogen-bond donors (Lipinski definition) is 18. The molecular formula is C71H112N20O13S. The van der Waals surface area contributed by atoms with E-state index < -0.39 is 120 Å². The first-order valence-electron chi connectivity index (χ1n) is 35.6. The summed E-state index contributed by atoms with van der Waals surface area (Å²) in [6, 6.07) is 11.6. The number of nitrogens with one attached hydrogen (secondary N) is 11. The summed E-state index contributed by atoms with van der Waals surface area (Å²) in [6.07, 6.45) is 3.66. The topological polar surface area (TPSA) is 528 Å². The van der Waals surface area contributed by atoms with Crippen LogP contribution in [0.25, 0.3) is 0 Å². The van der Waals surface area contributed by atoms with Gasteiger partial charge in [-0.3, -0.25) is 62.5 Å². The molecule has 3 aromatic rings. The van der Waals surface area contributed by atoms with Crippen molar-refractivity contribution in [2.75, 3.05) is 64.1 Å². The minimum Gasteiger partial charge on any atom is -0.394 e. The van der Waals surface area contributed by atoms with Gasteiger partial charge in [-0.25, -0.2) is 0 Å². The second kappa shape index (κ2) is 49.8. The van der Waals surface area contributed by atoms with Crippen molar-refractivity contribution in [3.05, 3.63) is 90.0 Å². The monoisotopic (exact) mass is 1480 g/mol. The first-order chi connectivity index (χ1) is 50.1. The van der Waals surface area contributed by atoms with Crippen LogP contribution >= 0.6 is 12.6 Å². The number of rotatable bonds is 51. The number of aliphatic hydroxyl groups excluding tert-OH is 1. The first-order valence-corrected chi connectivity index (χ1v) is 36.3. The number of guanidine groups is 1. The van der Waals surface area contributed by atoms with Crippen LogP contribution < -0.4 is 92.1 Å². The summed E-state index contributed by atoms with van der Waals surface area (Å²) in [5.41, 5.74) is 31.7. The van der Waals surface area contributed by atoms with Crippen LogP contribution in [0.15, 0.2) is 94.1 Å². The Balaban J connectivity index is 1.67. The summed E-state index contributed by atoms with van der Waals surface area (Å²) < 4.78 is 0. The van der Waals surface area contributed by atoms with Gasteiger partial charge in [0.15, 0.2) is 5.96 Å². The van der Waals surface area contributed by atoms with Gasteiger partial charge in [0.05, 0.1) is 18.0 Å². The molecule has 0 radical (unpaired) electrons. The number of azo groups is 1. The molecule has 0 aliphatic carbocycles. The quantitative estimate of drug-likeness (QED) is 0.0118. The van der Waals surface area contributed by atoms with Gasteiger partial charge in [-0.15, -0.1) is 0 Å². The SMILES string of the molecule is CC(=O)N[C@@H](CCCCNC(=O)[C@H](CCCCNC(=O)c1ccc(N=Nc2ccc(N(C)C)cc2)cc1)NC(=O)CCS)C(=O)N[C@@H](CCCCN)C(=O)N[C@@H](CCCCN)C(=O)N[C@@H](CO)C(=O)N[C@@H](CCCN=C(N)N)C(=O)N[C@@H](C)C(=O)N[C@@H](CC(C)C)C(=O)N[C@@H](Cc1ccccc1)C(N)=O. The molecule has 3 aromatic carbocycles. The van der Waals surface area contributed by atoms with E-state index in [2.05, 4.69) is 86.3 Å². The predicted octanol–water partition coefficient (Wildman–Crippen LogP) is 0.155. The number of hydrogen-bond acceptors (Lipinski definition) is 20. The fourth-order valence-electron chi connectivity index (χ4n) is 10.7. The maximum atomic E-state index is 14.3. The molecule has 0 aromatic heterocycles. The van der Waals surface area contributed by atoms with Gasteiger partial charge in [0.25, 0.3) is 5.91 Å². The van der Waals surface area contributed by atoms with Crippen molar-refractivity contribution in [2.45, 2.75) is 191 Å². The number of aliphatic imine (C=N–C) groups is 1. The van der Waals surface area contributed by atoms with E-state index in [9.17, 15) is 62.6 Å². The van der Waals surface area contributed by atoms with Gasteiger partial charge < -0.3 is 97.2 Å². The normalized spacial score (nSPS) is 13.7. The van der Waals surface area contributed by atoms with Crippen molar-refractivity contribution < 1.29 is 62.6 Å². The molecule has 3 rings (SSSR count). The Morgan fingerprint density at radius 1 is 0.486 bits per heavy atom.